The molecule has 4 heteroatoms. The first-order chi connectivity index (χ1) is 9.69. The highest BCUT2D eigenvalue weighted by Gasteiger charge is 2.19. The highest BCUT2D eigenvalue weighted by Crippen LogP contribution is 2.34. The maximum absolute atomic E-state index is 5.58. The van der Waals surface area contributed by atoms with E-state index in [2.05, 4.69) is 73.6 Å². The van der Waals surface area contributed by atoms with E-state index in [-0.39, 0.29) is 6.04 Å². The van der Waals surface area contributed by atoms with Gasteiger partial charge in [0.05, 0.1) is 12.6 Å². The Hall–Kier alpha value is -0.840. The maximum Gasteiger partial charge on any atom is 0.122 e. The summed E-state index contributed by atoms with van der Waals surface area (Å²) in [5.74, 6) is 1.03. The van der Waals surface area contributed by atoms with Gasteiger partial charge in [-0.3, -0.25) is 0 Å². The molecule has 104 valence electrons. The molecule has 0 saturated carbocycles. The molecule has 1 atom stereocenters. The summed E-state index contributed by atoms with van der Waals surface area (Å²) in [7, 11) is 1.99. The molecule has 1 unspecified atom stereocenters. The lowest BCUT2D eigenvalue weighted by atomic mass is 9.96. The van der Waals surface area contributed by atoms with Gasteiger partial charge in [-0.2, -0.15) is 0 Å². The third kappa shape index (κ3) is 2.65. The summed E-state index contributed by atoms with van der Waals surface area (Å²) < 4.78 is 7.75. The lowest BCUT2D eigenvalue weighted by Crippen LogP contribution is -2.18. The number of hydrogen-bond donors (Lipinski definition) is 1. The van der Waals surface area contributed by atoms with E-state index in [0.717, 1.165) is 27.7 Å². The molecule has 0 saturated heterocycles. The van der Waals surface area contributed by atoms with Gasteiger partial charge in [-0.25, -0.2) is 0 Å². The van der Waals surface area contributed by atoms with Crippen LogP contribution in [0.5, 0.6) is 5.75 Å². The van der Waals surface area contributed by atoms with Crippen molar-refractivity contribution in [1.29, 1.82) is 0 Å². The second-order valence-electron chi connectivity index (χ2n) is 4.85. The zero-order valence-electron chi connectivity index (χ0n) is 11.1. The molecule has 3 rings (SSSR count). The second-order valence-corrected chi connectivity index (χ2v) is 6.62. The van der Waals surface area contributed by atoms with E-state index in [1.807, 2.05) is 7.05 Å². The van der Waals surface area contributed by atoms with Gasteiger partial charge < -0.3 is 10.1 Å². The van der Waals surface area contributed by atoms with Gasteiger partial charge in [-0.05, 0) is 41.9 Å². The van der Waals surface area contributed by atoms with Gasteiger partial charge in [-0.1, -0.05) is 50.1 Å². The molecule has 2 nitrogen and oxygen atoms in total. The minimum absolute atomic E-state index is 0.170. The Morgan fingerprint density at radius 1 is 1.15 bits per heavy atom. The van der Waals surface area contributed by atoms with Crippen molar-refractivity contribution in [2.45, 2.75) is 12.5 Å². The fraction of sp³-hybridized carbons (Fsp3) is 0.250. The fourth-order valence-electron chi connectivity index (χ4n) is 2.62. The van der Waals surface area contributed by atoms with Crippen LogP contribution in [0.3, 0.4) is 0 Å². The van der Waals surface area contributed by atoms with Crippen LogP contribution in [0.2, 0.25) is 0 Å². The molecular weight excluding hydrogens is 382 g/mol. The maximum atomic E-state index is 5.58. The van der Waals surface area contributed by atoms with E-state index in [0.29, 0.717) is 0 Å². The zero-order valence-corrected chi connectivity index (χ0v) is 14.3. The lowest BCUT2D eigenvalue weighted by molar-refractivity contribution is 0.357. The van der Waals surface area contributed by atoms with Crippen LogP contribution < -0.4 is 10.1 Å². The van der Waals surface area contributed by atoms with E-state index < -0.39 is 0 Å². The first kappa shape index (κ1) is 14.1. The minimum atomic E-state index is 0.170. The predicted molar refractivity (Wildman–Crippen MR) is 88.4 cm³/mol. The summed E-state index contributed by atoms with van der Waals surface area (Å²) in [5.41, 5.74) is 3.80. The molecular formula is C16H15Br2NO. The fourth-order valence-corrected chi connectivity index (χ4v) is 3.90. The average Bonchev–Trinajstić information content (AvgIpc) is 2.89. The van der Waals surface area contributed by atoms with Gasteiger partial charge >= 0.3 is 0 Å². The molecule has 0 spiro atoms. The van der Waals surface area contributed by atoms with E-state index in [9.17, 15) is 0 Å². The van der Waals surface area contributed by atoms with Gasteiger partial charge in [0.25, 0.3) is 0 Å². The molecule has 0 aliphatic carbocycles. The largest absolute Gasteiger partial charge is 0.493 e. The van der Waals surface area contributed by atoms with Crippen LogP contribution in [0, 0.1) is 0 Å². The Kier molecular flexibility index (Phi) is 4.15. The van der Waals surface area contributed by atoms with E-state index >= 15 is 0 Å². The quantitative estimate of drug-likeness (QED) is 0.827. The number of fused-ring (bicyclic) bond motifs is 1. The summed E-state index contributed by atoms with van der Waals surface area (Å²) >= 11 is 7.15. The highest BCUT2D eigenvalue weighted by molar-refractivity contribution is 9.11. The molecule has 1 heterocycles. The number of ether oxygens (including phenoxy) is 1. The average molecular weight is 397 g/mol. The third-order valence-electron chi connectivity index (χ3n) is 3.61. The second kappa shape index (κ2) is 5.88. The van der Waals surface area contributed by atoms with Gasteiger partial charge in [0.2, 0.25) is 0 Å². The Morgan fingerprint density at radius 2 is 2.00 bits per heavy atom. The number of hydrogen-bond acceptors (Lipinski definition) is 2. The predicted octanol–water partition coefficient (Wildman–Crippen LogP) is 4.46. The lowest BCUT2D eigenvalue weighted by Gasteiger charge is -2.19. The molecule has 0 fully saturated rings. The van der Waals surface area contributed by atoms with Crippen molar-refractivity contribution in [3.63, 3.8) is 0 Å². The van der Waals surface area contributed by atoms with E-state index in [1.165, 1.54) is 16.7 Å². The van der Waals surface area contributed by atoms with Crippen molar-refractivity contribution in [3.8, 4) is 5.75 Å². The number of rotatable bonds is 3. The first-order valence-electron chi connectivity index (χ1n) is 6.57. The molecule has 20 heavy (non-hydrogen) atoms. The Balaban J connectivity index is 2.01. The topological polar surface area (TPSA) is 21.3 Å². The van der Waals surface area contributed by atoms with Crippen LogP contribution in [0.15, 0.2) is 45.3 Å². The van der Waals surface area contributed by atoms with Crippen LogP contribution in [0.1, 0.15) is 22.7 Å². The summed E-state index contributed by atoms with van der Waals surface area (Å²) in [6.07, 6.45) is 1.00. The van der Waals surface area contributed by atoms with Crippen LogP contribution in [0.25, 0.3) is 0 Å². The monoisotopic (exact) mass is 395 g/mol. The van der Waals surface area contributed by atoms with Crippen LogP contribution >= 0.6 is 31.9 Å². The first-order valence-corrected chi connectivity index (χ1v) is 8.15. The van der Waals surface area contributed by atoms with Crippen molar-refractivity contribution in [1.82, 2.24) is 5.32 Å². The third-order valence-corrected chi connectivity index (χ3v) is 4.79. The minimum Gasteiger partial charge on any atom is -0.493 e. The number of halogens is 2. The van der Waals surface area contributed by atoms with Crippen molar-refractivity contribution < 1.29 is 4.74 Å². The Labute approximate surface area is 135 Å². The van der Waals surface area contributed by atoms with Crippen molar-refractivity contribution in [3.05, 3.63) is 62.0 Å². The normalized spacial score (nSPS) is 14.8. The zero-order chi connectivity index (χ0) is 14.1. The molecule has 1 aliphatic rings. The van der Waals surface area contributed by atoms with Crippen molar-refractivity contribution in [2.24, 2.45) is 0 Å². The van der Waals surface area contributed by atoms with Crippen LogP contribution in [-0.2, 0) is 6.42 Å². The molecule has 0 aromatic heterocycles. The molecule has 0 amide bonds. The Bertz CT molecular complexity index is 642. The summed E-state index contributed by atoms with van der Waals surface area (Å²) in [6.45, 7) is 0.797. The van der Waals surface area contributed by atoms with Gasteiger partial charge in [0, 0.05) is 15.4 Å². The summed E-state index contributed by atoms with van der Waals surface area (Å²) in [6, 6.07) is 12.9. The van der Waals surface area contributed by atoms with Crippen molar-refractivity contribution >= 4 is 31.9 Å². The smallest absolute Gasteiger partial charge is 0.122 e. The van der Waals surface area contributed by atoms with E-state index in [1.54, 1.807) is 0 Å². The van der Waals surface area contributed by atoms with Gasteiger partial charge in [0.15, 0.2) is 0 Å². The van der Waals surface area contributed by atoms with Crippen LogP contribution in [0.4, 0.5) is 0 Å². The van der Waals surface area contributed by atoms with Gasteiger partial charge in [0.1, 0.15) is 5.75 Å². The summed E-state index contributed by atoms with van der Waals surface area (Å²) in [5, 5.41) is 3.40. The molecule has 2 aromatic rings. The molecule has 2 aromatic carbocycles. The highest BCUT2D eigenvalue weighted by atomic mass is 79.9. The van der Waals surface area contributed by atoms with E-state index in [4.69, 9.17) is 4.74 Å². The Morgan fingerprint density at radius 3 is 2.75 bits per heavy atom. The van der Waals surface area contributed by atoms with Crippen LogP contribution in [-0.4, -0.2) is 13.7 Å². The standard InChI is InChI=1S/C16H15Br2NO/c1-19-16(13-4-3-12(17)9-14(13)18)11-2-5-15-10(8-11)6-7-20-15/h2-5,8-9,16,19H,6-7H2,1H3. The molecule has 1 aliphatic heterocycles. The summed E-state index contributed by atoms with van der Waals surface area (Å²) in [4.78, 5) is 0. The van der Waals surface area contributed by atoms with Gasteiger partial charge in [-0.15, -0.1) is 0 Å². The SMILES string of the molecule is CNC(c1ccc2c(c1)CCO2)c1ccc(Br)cc1Br. The number of nitrogens with one attached hydrogen (secondary N) is 1. The molecule has 0 bridgehead atoms. The van der Waals surface area contributed by atoms with Crippen molar-refractivity contribution in [2.75, 3.05) is 13.7 Å². The molecule has 1 N–H and O–H groups in total. The molecule has 0 radical (unpaired) electrons. The number of benzene rings is 2.